The van der Waals surface area contributed by atoms with Gasteiger partial charge < -0.3 is 0 Å². The Morgan fingerprint density at radius 2 is 0.736 bits per heavy atom. The van der Waals surface area contributed by atoms with Crippen LogP contribution >= 0.6 is 0 Å². The molecule has 3 aliphatic rings. The topological polar surface area (TPSA) is 25.8 Å². The van der Waals surface area contributed by atoms with Gasteiger partial charge in [-0.05, 0) is 183 Å². The average Bonchev–Trinajstić information content (AvgIpc) is 3.81. The lowest BCUT2D eigenvalue weighted by Crippen LogP contribution is -2.16. The van der Waals surface area contributed by atoms with Crippen LogP contribution in [-0.4, -0.2) is 9.97 Å². The highest BCUT2D eigenvalue weighted by Crippen LogP contribution is 2.52. The van der Waals surface area contributed by atoms with Crippen molar-refractivity contribution in [3.63, 3.8) is 0 Å². The van der Waals surface area contributed by atoms with Crippen LogP contribution in [0, 0.1) is 0 Å². The van der Waals surface area contributed by atoms with Crippen LogP contribution in [0.4, 0.5) is 0 Å². The van der Waals surface area contributed by atoms with Gasteiger partial charge in [0.2, 0.25) is 0 Å². The monoisotopic (exact) mass is 920 g/mol. The maximum absolute atomic E-state index is 4.91. The fourth-order valence-electron chi connectivity index (χ4n) is 12.6. The highest BCUT2D eigenvalue weighted by Gasteiger charge is 2.37. The van der Waals surface area contributed by atoms with Gasteiger partial charge in [-0.2, -0.15) is 0 Å². The first-order chi connectivity index (χ1) is 35.2. The Labute approximate surface area is 421 Å². The summed E-state index contributed by atoms with van der Waals surface area (Å²) < 4.78 is 0. The second-order valence-electron chi connectivity index (χ2n) is 21.2. The van der Waals surface area contributed by atoms with Gasteiger partial charge in [-0.1, -0.05) is 185 Å². The molecule has 0 radical (unpaired) electrons. The van der Waals surface area contributed by atoms with Gasteiger partial charge in [-0.15, -0.1) is 0 Å². The number of aromatic nitrogens is 2. The van der Waals surface area contributed by atoms with E-state index >= 15 is 0 Å². The molecule has 0 saturated heterocycles. The summed E-state index contributed by atoms with van der Waals surface area (Å²) in [6, 6.07) is 72.8. The average molecular weight is 921 g/mol. The van der Waals surface area contributed by atoms with Crippen molar-refractivity contribution in [2.45, 2.75) is 51.4 Å². The first kappa shape index (κ1) is 42.4. The van der Waals surface area contributed by atoms with E-state index in [1.165, 1.54) is 116 Å². The van der Waals surface area contributed by atoms with E-state index in [1.807, 2.05) is 12.4 Å². The standard InChI is InChI=1S/C70H52N2/c1-69(2)63-23-7-5-21-55(63)61-41-53(27-31-65(61)69)49-19-11-15-45(37-49)43-13-9-17-47(35-43)51-25-29-57-59(39-51)60-40-52(26-30-58(60)68-67(57)71-33-34-72-68)48-18-10-14-44(36-48)46-16-12-20-50(38-46)54-28-32-66-62(42-54)56-22-6-8-24-64(56)70(66,3)4/h5,7-21,23-42H,6,22H2,1-4H3. The number of allylic oxidation sites excluding steroid dienone is 4. The van der Waals surface area contributed by atoms with Crippen molar-refractivity contribution in [2.24, 2.45) is 0 Å². The molecule has 10 aromatic carbocycles. The molecule has 0 atom stereocenters. The molecule has 14 rings (SSSR count). The van der Waals surface area contributed by atoms with Crippen molar-refractivity contribution >= 4 is 38.2 Å². The van der Waals surface area contributed by atoms with Crippen LogP contribution in [0.3, 0.4) is 0 Å². The number of benzene rings is 10. The van der Waals surface area contributed by atoms with Crippen LogP contribution in [0.2, 0.25) is 0 Å². The summed E-state index contributed by atoms with van der Waals surface area (Å²) in [5.41, 5.74) is 27.7. The predicted octanol–water partition coefficient (Wildman–Crippen LogP) is 18.6. The molecule has 0 fully saturated rings. The summed E-state index contributed by atoms with van der Waals surface area (Å²) in [5, 5.41) is 4.54. The van der Waals surface area contributed by atoms with Gasteiger partial charge >= 0.3 is 0 Å². The molecule has 0 unspecified atom stereocenters. The van der Waals surface area contributed by atoms with E-state index in [0.717, 1.165) is 40.2 Å². The number of fused-ring (bicyclic) bond motifs is 11. The molecule has 342 valence electrons. The van der Waals surface area contributed by atoms with E-state index in [9.17, 15) is 0 Å². The third-order valence-electron chi connectivity index (χ3n) is 16.4. The molecule has 3 aliphatic carbocycles. The van der Waals surface area contributed by atoms with E-state index in [0.29, 0.717) is 0 Å². The third kappa shape index (κ3) is 6.62. The molecule has 72 heavy (non-hydrogen) atoms. The maximum atomic E-state index is 4.91. The van der Waals surface area contributed by atoms with E-state index in [2.05, 4.69) is 234 Å². The highest BCUT2D eigenvalue weighted by atomic mass is 14.8. The fourth-order valence-corrected chi connectivity index (χ4v) is 12.6. The molecule has 0 aliphatic heterocycles. The normalized spacial score (nSPS) is 14.9. The molecule has 0 spiro atoms. The lowest BCUT2D eigenvalue weighted by Gasteiger charge is -2.24. The number of rotatable bonds is 6. The van der Waals surface area contributed by atoms with Gasteiger partial charge in [0.15, 0.2) is 0 Å². The molecular weight excluding hydrogens is 869 g/mol. The quantitative estimate of drug-likeness (QED) is 0.155. The lowest BCUT2D eigenvalue weighted by atomic mass is 9.80. The Hall–Kier alpha value is -8.46. The summed E-state index contributed by atoms with van der Waals surface area (Å²) in [4.78, 5) is 9.83. The summed E-state index contributed by atoms with van der Waals surface area (Å²) in [6.07, 6.45) is 10.6. The fraction of sp³-hybridized carbons (Fsp3) is 0.114. The minimum atomic E-state index is -0.0109. The molecule has 0 N–H and O–H groups in total. The van der Waals surface area contributed by atoms with Gasteiger partial charge in [-0.3, -0.25) is 9.97 Å². The number of hydrogen-bond acceptors (Lipinski definition) is 2. The van der Waals surface area contributed by atoms with Gasteiger partial charge in [0.1, 0.15) is 0 Å². The number of hydrogen-bond donors (Lipinski definition) is 0. The molecule has 1 heterocycles. The minimum Gasteiger partial charge on any atom is -0.252 e. The zero-order valence-electron chi connectivity index (χ0n) is 41.1. The largest absolute Gasteiger partial charge is 0.252 e. The zero-order chi connectivity index (χ0) is 48.3. The van der Waals surface area contributed by atoms with Gasteiger partial charge in [0.05, 0.1) is 11.0 Å². The van der Waals surface area contributed by atoms with Gasteiger partial charge in [0, 0.05) is 34.0 Å². The van der Waals surface area contributed by atoms with Crippen LogP contribution < -0.4 is 0 Å². The highest BCUT2D eigenvalue weighted by molar-refractivity contribution is 6.24. The van der Waals surface area contributed by atoms with Crippen LogP contribution in [0.15, 0.2) is 224 Å². The Morgan fingerprint density at radius 3 is 1.24 bits per heavy atom. The van der Waals surface area contributed by atoms with Crippen molar-refractivity contribution in [2.75, 3.05) is 0 Å². The van der Waals surface area contributed by atoms with Crippen molar-refractivity contribution in [3.05, 3.63) is 246 Å². The van der Waals surface area contributed by atoms with E-state index < -0.39 is 0 Å². The van der Waals surface area contributed by atoms with Crippen molar-refractivity contribution in [3.8, 4) is 77.9 Å². The van der Waals surface area contributed by atoms with Crippen LogP contribution in [-0.2, 0) is 10.8 Å². The van der Waals surface area contributed by atoms with Crippen LogP contribution in [0.1, 0.15) is 62.8 Å². The van der Waals surface area contributed by atoms with Gasteiger partial charge in [0.25, 0.3) is 0 Å². The minimum absolute atomic E-state index is 0.0109. The van der Waals surface area contributed by atoms with E-state index in [-0.39, 0.29) is 10.8 Å². The smallest absolute Gasteiger partial charge is 0.0971 e. The van der Waals surface area contributed by atoms with Crippen molar-refractivity contribution in [1.29, 1.82) is 0 Å². The Kier molecular flexibility index (Phi) is 9.45. The maximum Gasteiger partial charge on any atom is 0.0971 e. The molecule has 2 heteroatoms. The van der Waals surface area contributed by atoms with E-state index in [1.54, 1.807) is 0 Å². The molecule has 1 aromatic heterocycles. The Balaban J connectivity index is 0.814. The summed E-state index contributed by atoms with van der Waals surface area (Å²) >= 11 is 0. The van der Waals surface area contributed by atoms with Crippen molar-refractivity contribution < 1.29 is 0 Å². The second-order valence-corrected chi connectivity index (χ2v) is 21.2. The predicted molar refractivity (Wildman–Crippen MR) is 303 cm³/mol. The molecule has 0 bridgehead atoms. The van der Waals surface area contributed by atoms with Crippen LogP contribution in [0.5, 0.6) is 0 Å². The Bertz CT molecular complexity index is 4160. The SMILES string of the molecule is CC1(C)C2=C(CCC=C2)c2cc(-c3cccc(-c4cccc(-c5ccc6c(c5)c5cc(-c7cccc(-c8cccc(-c9ccc%10c(c9)-c9ccccc9C%10(C)C)c8)c7)ccc5c5nccnc65)c4)c3)ccc21. The van der Waals surface area contributed by atoms with E-state index in [4.69, 9.17) is 9.97 Å². The molecule has 11 aromatic rings. The van der Waals surface area contributed by atoms with Gasteiger partial charge in [-0.25, -0.2) is 0 Å². The molecule has 0 amide bonds. The first-order valence-corrected chi connectivity index (χ1v) is 25.5. The summed E-state index contributed by atoms with van der Waals surface area (Å²) in [5.74, 6) is 0. The first-order valence-electron chi connectivity index (χ1n) is 25.5. The summed E-state index contributed by atoms with van der Waals surface area (Å²) in [7, 11) is 0. The van der Waals surface area contributed by atoms with Crippen molar-refractivity contribution in [1.82, 2.24) is 9.97 Å². The zero-order valence-corrected chi connectivity index (χ0v) is 41.1. The number of nitrogens with zero attached hydrogens (tertiary/aromatic N) is 2. The Morgan fingerprint density at radius 1 is 0.333 bits per heavy atom. The third-order valence-corrected chi connectivity index (χ3v) is 16.4. The second kappa shape index (κ2) is 16.0. The molecule has 0 saturated carbocycles. The van der Waals surface area contributed by atoms with Crippen LogP contribution in [0.25, 0.3) is 116 Å². The lowest BCUT2D eigenvalue weighted by molar-refractivity contribution is 0.651. The molecule has 2 nitrogen and oxygen atoms in total. The summed E-state index contributed by atoms with van der Waals surface area (Å²) in [6.45, 7) is 9.43. The molecular formula is C70H52N2.